The first-order valence-electron chi connectivity index (χ1n) is 5.60. The van der Waals surface area contributed by atoms with Crippen LogP contribution in [0.5, 0.6) is 0 Å². The molecule has 0 aromatic rings. The lowest BCUT2D eigenvalue weighted by Gasteiger charge is -2.37. The molecule has 0 spiro atoms. The second-order valence-corrected chi connectivity index (χ2v) is 5.34. The Morgan fingerprint density at radius 3 is 2.43 bits per heavy atom. The van der Waals surface area contributed by atoms with Gasteiger partial charge in [-0.05, 0) is 47.3 Å². The Kier molecular flexibility index (Phi) is 3.93. The van der Waals surface area contributed by atoms with E-state index in [9.17, 15) is 0 Å². The Hall–Kier alpha value is -0.120. The minimum Gasteiger partial charge on any atom is -0.329 e. The second-order valence-electron chi connectivity index (χ2n) is 5.34. The lowest BCUT2D eigenvalue weighted by atomic mass is 10.0. The number of rotatable bonds is 1. The lowest BCUT2D eigenvalue weighted by Crippen LogP contribution is -2.49. The molecule has 1 heterocycles. The maximum absolute atomic E-state index is 5.80. The molecule has 1 unspecified atom stereocenters. The quantitative estimate of drug-likeness (QED) is 0.676. The van der Waals surface area contributed by atoms with Crippen LogP contribution in [0.25, 0.3) is 0 Å². The third-order valence-corrected chi connectivity index (χ3v) is 3.21. The number of likely N-dealkylation sites (N-methyl/N-ethyl adjacent to an activating group) is 1. The SMILES string of the molecule is CN1CCCN(C(C)(C)C)CC1CN. The van der Waals surface area contributed by atoms with E-state index >= 15 is 0 Å². The average molecular weight is 199 g/mol. The molecule has 0 amide bonds. The first kappa shape index (κ1) is 12.0. The van der Waals surface area contributed by atoms with Gasteiger partial charge in [0.05, 0.1) is 0 Å². The van der Waals surface area contributed by atoms with Gasteiger partial charge in [0.2, 0.25) is 0 Å². The molecule has 0 bridgehead atoms. The van der Waals surface area contributed by atoms with Crippen LogP contribution in [0, 0.1) is 0 Å². The molecular formula is C11H25N3. The van der Waals surface area contributed by atoms with Gasteiger partial charge in [0, 0.05) is 24.7 Å². The van der Waals surface area contributed by atoms with Crippen LogP contribution in [0.4, 0.5) is 0 Å². The summed E-state index contributed by atoms with van der Waals surface area (Å²) in [4.78, 5) is 4.94. The third-order valence-electron chi connectivity index (χ3n) is 3.21. The highest BCUT2D eigenvalue weighted by atomic mass is 15.3. The van der Waals surface area contributed by atoms with Crippen LogP contribution in [-0.4, -0.2) is 54.6 Å². The van der Waals surface area contributed by atoms with Crippen molar-refractivity contribution in [3.05, 3.63) is 0 Å². The van der Waals surface area contributed by atoms with Crippen molar-refractivity contribution in [2.24, 2.45) is 5.73 Å². The molecule has 1 aliphatic rings. The highest BCUT2D eigenvalue weighted by Crippen LogP contribution is 2.17. The van der Waals surface area contributed by atoms with Crippen molar-refractivity contribution < 1.29 is 0 Å². The van der Waals surface area contributed by atoms with E-state index < -0.39 is 0 Å². The summed E-state index contributed by atoms with van der Waals surface area (Å²) in [6, 6.07) is 0.525. The summed E-state index contributed by atoms with van der Waals surface area (Å²) in [6.45, 7) is 11.1. The molecule has 1 aliphatic heterocycles. The summed E-state index contributed by atoms with van der Waals surface area (Å²) < 4.78 is 0. The van der Waals surface area contributed by atoms with Crippen LogP contribution in [0.15, 0.2) is 0 Å². The average Bonchev–Trinajstić information content (AvgIpc) is 2.25. The molecule has 0 aromatic carbocycles. The van der Waals surface area contributed by atoms with Crippen LogP contribution in [0.3, 0.4) is 0 Å². The molecule has 84 valence electrons. The van der Waals surface area contributed by atoms with Crippen molar-refractivity contribution in [2.75, 3.05) is 33.2 Å². The van der Waals surface area contributed by atoms with Crippen LogP contribution in [0.1, 0.15) is 27.2 Å². The Morgan fingerprint density at radius 1 is 1.29 bits per heavy atom. The molecule has 0 aromatic heterocycles. The first-order chi connectivity index (χ1) is 6.45. The van der Waals surface area contributed by atoms with Crippen molar-refractivity contribution in [3.63, 3.8) is 0 Å². The van der Waals surface area contributed by atoms with Crippen molar-refractivity contribution in [3.8, 4) is 0 Å². The van der Waals surface area contributed by atoms with Crippen molar-refractivity contribution >= 4 is 0 Å². The molecule has 2 N–H and O–H groups in total. The molecular weight excluding hydrogens is 174 g/mol. The normalized spacial score (nSPS) is 27.6. The summed E-state index contributed by atoms with van der Waals surface area (Å²) in [5.74, 6) is 0. The van der Waals surface area contributed by atoms with Gasteiger partial charge in [0.15, 0.2) is 0 Å². The maximum Gasteiger partial charge on any atom is 0.0342 e. The fraction of sp³-hybridized carbons (Fsp3) is 1.00. The van der Waals surface area contributed by atoms with Gasteiger partial charge in [-0.1, -0.05) is 0 Å². The van der Waals surface area contributed by atoms with Gasteiger partial charge < -0.3 is 10.6 Å². The smallest absolute Gasteiger partial charge is 0.0342 e. The third kappa shape index (κ3) is 2.94. The minimum atomic E-state index is 0.276. The van der Waals surface area contributed by atoms with Crippen molar-refractivity contribution in [1.82, 2.24) is 9.80 Å². The number of nitrogens with two attached hydrogens (primary N) is 1. The Labute approximate surface area is 88.2 Å². The molecule has 1 atom stereocenters. The van der Waals surface area contributed by atoms with E-state index in [1.165, 1.54) is 19.5 Å². The Balaban J connectivity index is 2.63. The van der Waals surface area contributed by atoms with Crippen LogP contribution >= 0.6 is 0 Å². The highest BCUT2D eigenvalue weighted by molar-refractivity contribution is 4.85. The molecule has 1 saturated heterocycles. The summed E-state index contributed by atoms with van der Waals surface area (Å²) in [6.07, 6.45) is 1.25. The van der Waals surface area contributed by atoms with Gasteiger partial charge in [-0.2, -0.15) is 0 Å². The summed E-state index contributed by atoms with van der Waals surface area (Å²) in [5, 5.41) is 0. The first-order valence-corrected chi connectivity index (χ1v) is 5.60. The zero-order valence-electron chi connectivity index (χ0n) is 10.1. The number of hydrogen-bond acceptors (Lipinski definition) is 3. The molecule has 0 saturated carbocycles. The van der Waals surface area contributed by atoms with E-state index in [-0.39, 0.29) is 5.54 Å². The van der Waals surface area contributed by atoms with E-state index in [1.807, 2.05) is 0 Å². The van der Waals surface area contributed by atoms with Crippen molar-refractivity contribution in [1.29, 1.82) is 0 Å². The molecule has 3 heteroatoms. The summed E-state index contributed by atoms with van der Waals surface area (Å²) >= 11 is 0. The largest absolute Gasteiger partial charge is 0.329 e. The number of nitrogens with zero attached hydrogens (tertiary/aromatic N) is 2. The lowest BCUT2D eigenvalue weighted by molar-refractivity contribution is 0.120. The fourth-order valence-corrected chi connectivity index (χ4v) is 2.04. The standard InChI is InChI=1S/C11H25N3/c1-11(2,3)14-7-5-6-13(4)10(8-12)9-14/h10H,5-9,12H2,1-4H3. The summed E-state index contributed by atoms with van der Waals surface area (Å²) in [5.41, 5.74) is 6.08. The fourth-order valence-electron chi connectivity index (χ4n) is 2.04. The predicted molar refractivity (Wildman–Crippen MR) is 61.4 cm³/mol. The van der Waals surface area contributed by atoms with E-state index in [0.717, 1.165) is 13.1 Å². The highest BCUT2D eigenvalue weighted by Gasteiger charge is 2.27. The van der Waals surface area contributed by atoms with Crippen LogP contribution in [-0.2, 0) is 0 Å². The van der Waals surface area contributed by atoms with Gasteiger partial charge >= 0.3 is 0 Å². The van der Waals surface area contributed by atoms with Gasteiger partial charge in [0.25, 0.3) is 0 Å². The zero-order valence-corrected chi connectivity index (χ0v) is 10.1. The van der Waals surface area contributed by atoms with E-state index in [4.69, 9.17) is 5.73 Å². The summed E-state index contributed by atoms with van der Waals surface area (Å²) in [7, 11) is 2.18. The maximum atomic E-state index is 5.80. The Bertz CT molecular complexity index is 174. The molecule has 1 rings (SSSR count). The van der Waals surface area contributed by atoms with Crippen LogP contribution < -0.4 is 5.73 Å². The topological polar surface area (TPSA) is 32.5 Å². The predicted octanol–water partition coefficient (Wildman–Crippen LogP) is 0.750. The molecule has 1 fully saturated rings. The van der Waals surface area contributed by atoms with E-state index in [1.54, 1.807) is 0 Å². The molecule has 3 nitrogen and oxygen atoms in total. The molecule has 14 heavy (non-hydrogen) atoms. The van der Waals surface area contributed by atoms with E-state index in [0.29, 0.717) is 6.04 Å². The monoisotopic (exact) mass is 199 g/mol. The van der Waals surface area contributed by atoms with Crippen LogP contribution in [0.2, 0.25) is 0 Å². The molecule has 0 radical (unpaired) electrons. The van der Waals surface area contributed by atoms with Crippen molar-refractivity contribution in [2.45, 2.75) is 38.8 Å². The molecule has 0 aliphatic carbocycles. The zero-order chi connectivity index (χ0) is 10.8. The van der Waals surface area contributed by atoms with Gasteiger partial charge in [-0.25, -0.2) is 0 Å². The van der Waals surface area contributed by atoms with Gasteiger partial charge in [-0.3, -0.25) is 4.90 Å². The van der Waals surface area contributed by atoms with E-state index in [2.05, 4.69) is 37.6 Å². The Morgan fingerprint density at radius 2 is 1.93 bits per heavy atom. The minimum absolute atomic E-state index is 0.276. The second kappa shape index (κ2) is 4.60. The van der Waals surface area contributed by atoms with Gasteiger partial charge in [-0.15, -0.1) is 0 Å². The van der Waals surface area contributed by atoms with Gasteiger partial charge in [0.1, 0.15) is 0 Å². The number of hydrogen-bond donors (Lipinski definition) is 1.